The molecule has 1 N–H and O–H groups in total. The van der Waals surface area contributed by atoms with Gasteiger partial charge in [0.1, 0.15) is 0 Å². The number of rotatable bonds is 4. The summed E-state index contributed by atoms with van der Waals surface area (Å²) in [4.78, 5) is 5.29. The first-order chi connectivity index (χ1) is 10.4. The average Bonchev–Trinajstić information content (AvgIpc) is 3.37. The lowest BCUT2D eigenvalue weighted by Crippen LogP contribution is -2.54. The summed E-state index contributed by atoms with van der Waals surface area (Å²) in [7, 11) is 0. The Hall–Kier alpha value is -1.06. The molecule has 1 atom stereocenters. The van der Waals surface area contributed by atoms with E-state index in [-0.39, 0.29) is 0 Å². The second kappa shape index (κ2) is 5.98. The zero-order chi connectivity index (χ0) is 14.1. The van der Waals surface area contributed by atoms with Gasteiger partial charge in [-0.1, -0.05) is 18.6 Å². The van der Waals surface area contributed by atoms with Crippen molar-refractivity contribution in [3.63, 3.8) is 0 Å². The van der Waals surface area contributed by atoms with Gasteiger partial charge in [-0.3, -0.25) is 4.90 Å². The standard InChI is InChI=1S/C18H27N3/c1-2-10-20-11-12-21(14-18(20)3-1)17-8-4-15(5-9-17)13-19-16-6-7-16/h4-5,8-9,16,18-19H,1-3,6-7,10-14H2. The van der Waals surface area contributed by atoms with Crippen molar-refractivity contribution in [2.75, 3.05) is 31.1 Å². The highest BCUT2D eigenvalue weighted by Gasteiger charge is 2.28. The Balaban J connectivity index is 1.36. The van der Waals surface area contributed by atoms with Crippen LogP contribution in [0.1, 0.15) is 37.7 Å². The van der Waals surface area contributed by atoms with Gasteiger partial charge in [0.25, 0.3) is 0 Å². The van der Waals surface area contributed by atoms with Gasteiger partial charge in [-0.15, -0.1) is 0 Å². The first-order valence-corrected chi connectivity index (χ1v) is 8.70. The van der Waals surface area contributed by atoms with E-state index in [4.69, 9.17) is 0 Å². The molecule has 0 aromatic heterocycles. The minimum absolute atomic E-state index is 0.795. The largest absolute Gasteiger partial charge is 0.369 e. The first-order valence-electron chi connectivity index (χ1n) is 8.70. The number of anilines is 1. The van der Waals surface area contributed by atoms with Crippen LogP contribution in [0.5, 0.6) is 0 Å². The summed E-state index contributed by atoms with van der Waals surface area (Å²) < 4.78 is 0. The van der Waals surface area contributed by atoms with Crippen LogP contribution in [0.2, 0.25) is 0 Å². The summed E-state index contributed by atoms with van der Waals surface area (Å²) in [5.41, 5.74) is 2.83. The van der Waals surface area contributed by atoms with Gasteiger partial charge < -0.3 is 10.2 Å². The molecule has 0 amide bonds. The molecule has 0 bridgehead atoms. The minimum Gasteiger partial charge on any atom is -0.369 e. The van der Waals surface area contributed by atoms with Crippen LogP contribution >= 0.6 is 0 Å². The van der Waals surface area contributed by atoms with Crippen LogP contribution in [0, 0.1) is 0 Å². The van der Waals surface area contributed by atoms with E-state index in [0.29, 0.717) is 0 Å². The Morgan fingerprint density at radius 2 is 1.81 bits per heavy atom. The highest BCUT2D eigenvalue weighted by atomic mass is 15.3. The molecule has 1 aromatic carbocycles. The molecule has 3 heteroatoms. The molecule has 0 spiro atoms. The van der Waals surface area contributed by atoms with E-state index < -0.39 is 0 Å². The van der Waals surface area contributed by atoms with Crippen LogP contribution in [0.15, 0.2) is 24.3 Å². The Labute approximate surface area is 128 Å². The molecule has 1 unspecified atom stereocenters. The van der Waals surface area contributed by atoms with E-state index in [9.17, 15) is 0 Å². The third-order valence-electron chi connectivity index (χ3n) is 5.31. The molecule has 1 saturated carbocycles. The smallest absolute Gasteiger partial charge is 0.0367 e. The van der Waals surface area contributed by atoms with Gasteiger partial charge in [-0.25, -0.2) is 0 Å². The van der Waals surface area contributed by atoms with Crippen molar-refractivity contribution >= 4 is 5.69 Å². The summed E-state index contributed by atoms with van der Waals surface area (Å²) in [5.74, 6) is 0. The van der Waals surface area contributed by atoms with Gasteiger partial charge in [0.15, 0.2) is 0 Å². The molecule has 0 radical (unpaired) electrons. The molecule has 3 nitrogen and oxygen atoms in total. The third-order valence-corrected chi connectivity index (χ3v) is 5.31. The number of piperidine rings is 1. The number of piperazine rings is 1. The molecule has 1 aliphatic carbocycles. The molecule has 2 saturated heterocycles. The first kappa shape index (κ1) is 13.6. The van der Waals surface area contributed by atoms with E-state index in [1.165, 1.54) is 69.5 Å². The number of nitrogens with one attached hydrogen (secondary N) is 1. The fourth-order valence-corrected chi connectivity index (χ4v) is 3.76. The van der Waals surface area contributed by atoms with Crippen molar-refractivity contribution in [3.8, 4) is 0 Å². The minimum atomic E-state index is 0.795. The third kappa shape index (κ3) is 3.24. The molecule has 1 aromatic rings. The molecule has 2 aliphatic heterocycles. The highest BCUT2D eigenvalue weighted by Crippen LogP contribution is 2.25. The van der Waals surface area contributed by atoms with Gasteiger partial charge in [-0.05, 0) is 49.9 Å². The number of nitrogens with zero attached hydrogens (tertiary/aromatic N) is 2. The van der Waals surface area contributed by atoms with Crippen molar-refractivity contribution in [1.29, 1.82) is 0 Å². The van der Waals surface area contributed by atoms with Crippen molar-refractivity contribution in [2.45, 2.75) is 50.7 Å². The molecular formula is C18H27N3. The second-order valence-electron chi connectivity index (χ2n) is 6.95. The van der Waals surface area contributed by atoms with Gasteiger partial charge in [-0.2, -0.15) is 0 Å². The summed E-state index contributed by atoms with van der Waals surface area (Å²) in [6, 6.07) is 10.8. The van der Waals surface area contributed by atoms with E-state index >= 15 is 0 Å². The van der Waals surface area contributed by atoms with E-state index in [2.05, 4.69) is 39.4 Å². The maximum atomic E-state index is 3.59. The van der Waals surface area contributed by atoms with Crippen LogP contribution in [-0.4, -0.2) is 43.2 Å². The predicted molar refractivity (Wildman–Crippen MR) is 87.7 cm³/mol. The van der Waals surface area contributed by atoms with Crippen LogP contribution in [0.3, 0.4) is 0 Å². The van der Waals surface area contributed by atoms with Gasteiger partial charge in [0.2, 0.25) is 0 Å². The predicted octanol–water partition coefficient (Wildman–Crippen LogP) is 2.61. The number of hydrogen-bond donors (Lipinski definition) is 1. The normalized spacial score (nSPS) is 26.7. The van der Waals surface area contributed by atoms with E-state index in [1.807, 2.05) is 0 Å². The number of hydrogen-bond acceptors (Lipinski definition) is 3. The Morgan fingerprint density at radius 1 is 0.952 bits per heavy atom. The lowest BCUT2D eigenvalue weighted by atomic mass is 9.99. The maximum absolute atomic E-state index is 3.59. The van der Waals surface area contributed by atoms with E-state index in [0.717, 1.165) is 18.6 Å². The van der Waals surface area contributed by atoms with Gasteiger partial charge >= 0.3 is 0 Å². The number of fused-ring (bicyclic) bond motifs is 1. The monoisotopic (exact) mass is 285 g/mol. The Kier molecular flexibility index (Phi) is 3.87. The summed E-state index contributed by atoms with van der Waals surface area (Å²) >= 11 is 0. The van der Waals surface area contributed by atoms with Crippen LogP contribution < -0.4 is 10.2 Å². The molecule has 3 fully saturated rings. The summed E-state index contributed by atoms with van der Waals surface area (Å²) in [6.07, 6.45) is 6.94. The average molecular weight is 285 g/mol. The SMILES string of the molecule is c1cc(N2CCN3CCCCC3C2)ccc1CNC1CC1. The fraction of sp³-hybridized carbons (Fsp3) is 0.667. The van der Waals surface area contributed by atoms with Crippen LogP contribution in [0.4, 0.5) is 5.69 Å². The zero-order valence-electron chi connectivity index (χ0n) is 12.9. The number of benzene rings is 1. The quantitative estimate of drug-likeness (QED) is 0.917. The molecular weight excluding hydrogens is 258 g/mol. The summed E-state index contributed by atoms with van der Waals surface area (Å²) in [6.45, 7) is 6.01. The van der Waals surface area contributed by atoms with E-state index in [1.54, 1.807) is 0 Å². The molecule has 114 valence electrons. The van der Waals surface area contributed by atoms with Crippen molar-refractivity contribution in [1.82, 2.24) is 10.2 Å². The fourth-order valence-electron chi connectivity index (χ4n) is 3.76. The Bertz CT molecular complexity index is 466. The molecule has 4 rings (SSSR count). The molecule has 2 heterocycles. The lowest BCUT2D eigenvalue weighted by molar-refractivity contribution is 0.133. The summed E-state index contributed by atoms with van der Waals surface area (Å²) in [5, 5.41) is 3.59. The molecule has 21 heavy (non-hydrogen) atoms. The van der Waals surface area contributed by atoms with Crippen molar-refractivity contribution < 1.29 is 0 Å². The van der Waals surface area contributed by atoms with Crippen molar-refractivity contribution in [2.24, 2.45) is 0 Å². The molecule has 3 aliphatic rings. The highest BCUT2D eigenvalue weighted by molar-refractivity contribution is 5.48. The maximum Gasteiger partial charge on any atom is 0.0367 e. The zero-order valence-corrected chi connectivity index (χ0v) is 12.9. The van der Waals surface area contributed by atoms with Crippen LogP contribution in [0.25, 0.3) is 0 Å². The lowest BCUT2D eigenvalue weighted by Gasteiger charge is -2.45. The van der Waals surface area contributed by atoms with Crippen molar-refractivity contribution in [3.05, 3.63) is 29.8 Å². The second-order valence-corrected chi connectivity index (χ2v) is 6.95. The van der Waals surface area contributed by atoms with Gasteiger partial charge in [0, 0.05) is 44.0 Å². The van der Waals surface area contributed by atoms with Crippen LogP contribution in [-0.2, 0) is 6.54 Å². The topological polar surface area (TPSA) is 18.5 Å². The van der Waals surface area contributed by atoms with Gasteiger partial charge in [0.05, 0.1) is 0 Å². The Morgan fingerprint density at radius 3 is 2.62 bits per heavy atom.